The van der Waals surface area contributed by atoms with Gasteiger partial charge in [-0.05, 0) is 43.5 Å². The van der Waals surface area contributed by atoms with Gasteiger partial charge in [0.05, 0.1) is 0 Å². The predicted octanol–water partition coefficient (Wildman–Crippen LogP) is 4.44. The average Bonchev–Trinajstić information content (AvgIpc) is 2.29. The summed E-state index contributed by atoms with van der Waals surface area (Å²) in [5, 5.41) is 3.21. The summed E-state index contributed by atoms with van der Waals surface area (Å²) in [7, 11) is 1.85. The van der Waals surface area contributed by atoms with Crippen LogP contribution in [0.3, 0.4) is 0 Å². The summed E-state index contributed by atoms with van der Waals surface area (Å²) >= 11 is 0. The largest absolute Gasteiger partial charge is 0.313 e. The van der Waals surface area contributed by atoms with E-state index >= 15 is 0 Å². The van der Waals surface area contributed by atoms with Crippen molar-refractivity contribution in [3.8, 4) is 0 Å². The van der Waals surface area contributed by atoms with Crippen molar-refractivity contribution in [2.24, 2.45) is 5.92 Å². The quantitative estimate of drug-likeness (QED) is 0.759. The van der Waals surface area contributed by atoms with Crippen molar-refractivity contribution < 1.29 is 8.78 Å². The maximum absolute atomic E-state index is 13.3. The van der Waals surface area contributed by atoms with Crippen molar-refractivity contribution in [2.45, 2.75) is 45.6 Å². The smallest absolute Gasteiger partial charge is 0.126 e. The molecule has 1 nitrogen and oxygen atoms in total. The van der Waals surface area contributed by atoms with E-state index in [2.05, 4.69) is 19.2 Å². The van der Waals surface area contributed by atoms with Crippen LogP contribution >= 0.6 is 0 Å². The lowest BCUT2D eigenvalue weighted by Crippen LogP contribution is -2.25. The molecule has 18 heavy (non-hydrogen) atoms. The van der Waals surface area contributed by atoms with Gasteiger partial charge in [-0.15, -0.1) is 0 Å². The lowest BCUT2D eigenvalue weighted by molar-refractivity contribution is 0.329. The molecule has 0 aliphatic heterocycles. The predicted molar refractivity (Wildman–Crippen MR) is 71.5 cm³/mol. The van der Waals surface area contributed by atoms with Crippen LogP contribution in [0.4, 0.5) is 8.78 Å². The van der Waals surface area contributed by atoms with E-state index in [4.69, 9.17) is 0 Å². The van der Waals surface area contributed by atoms with Crippen LogP contribution in [-0.2, 0) is 0 Å². The zero-order valence-corrected chi connectivity index (χ0v) is 11.5. The van der Waals surface area contributed by atoms with Crippen LogP contribution < -0.4 is 5.32 Å². The summed E-state index contributed by atoms with van der Waals surface area (Å²) in [6.07, 6.45) is 4.30. The van der Waals surface area contributed by atoms with Gasteiger partial charge in [0.15, 0.2) is 0 Å². The van der Waals surface area contributed by atoms with Crippen LogP contribution in [0.15, 0.2) is 18.2 Å². The number of halogens is 2. The monoisotopic (exact) mass is 255 g/mol. The van der Waals surface area contributed by atoms with Crippen LogP contribution in [0.2, 0.25) is 0 Å². The van der Waals surface area contributed by atoms with Crippen LogP contribution in [0, 0.1) is 17.6 Å². The van der Waals surface area contributed by atoms with Crippen molar-refractivity contribution in [2.75, 3.05) is 7.05 Å². The first-order valence-electron chi connectivity index (χ1n) is 6.75. The highest BCUT2D eigenvalue weighted by molar-refractivity contribution is 5.22. The second-order valence-electron chi connectivity index (χ2n) is 4.81. The van der Waals surface area contributed by atoms with Gasteiger partial charge in [-0.2, -0.15) is 0 Å². The second-order valence-corrected chi connectivity index (χ2v) is 4.81. The molecule has 1 unspecified atom stereocenters. The highest BCUT2D eigenvalue weighted by Crippen LogP contribution is 2.30. The molecule has 0 fully saturated rings. The molecular weight excluding hydrogens is 232 g/mol. The molecule has 0 heterocycles. The zero-order chi connectivity index (χ0) is 13.5. The lowest BCUT2D eigenvalue weighted by atomic mass is 9.86. The summed E-state index contributed by atoms with van der Waals surface area (Å²) in [6, 6.07) is 3.81. The third-order valence-corrected chi connectivity index (χ3v) is 3.35. The number of benzene rings is 1. The van der Waals surface area contributed by atoms with E-state index in [9.17, 15) is 8.78 Å². The van der Waals surface area contributed by atoms with Gasteiger partial charge in [-0.1, -0.05) is 26.7 Å². The molecule has 3 heteroatoms. The fourth-order valence-corrected chi connectivity index (χ4v) is 2.65. The van der Waals surface area contributed by atoms with Gasteiger partial charge < -0.3 is 5.32 Å². The molecule has 0 spiro atoms. The third-order valence-electron chi connectivity index (χ3n) is 3.35. The summed E-state index contributed by atoms with van der Waals surface area (Å²) < 4.78 is 26.6. The third kappa shape index (κ3) is 4.05. The minimum atomic E-state index is -0.503. The van der Waals surface area contributed by atoms with E-state index in [1.165, 1.54) is 12.1 Å². The van der Waals surface area contributed by atoms with Crippen LogP contribution in [0.1, 0.15) is 51.1 Å². The molecule has 0 saturated heterocycles. The van der Waals surface area contributed by atoms with Crippen molar-refractivity contribution in [1.29, 1.82) is 0 Å². The summed E-state index contributed by atoms with van der Waals surface area (Å²) in [5.74, 6) is -0.583. The average molecular weight is 255 g/mol. The first kappa shape index (κ1) is 15.1. The van der Waals surface area contributed by atoms with Gasteiger partial charge in [0, 0.05) is 12.1 Å². The van der Waals surface area contributed by atoms with Gasteiger partial charge in [0.25, 0.3) is 0 Å². The summed E-state index contributed by atoms with van der Waals surface area (Å²) in [4.78, 5) is 0. The summed E-state index contributed by atoms with van der Waals surface area (Å²) in [5.41, 5.74) is 0.710. The first-order valence-corrected chi connectivity index (χ1v) is 6.75. The Kier molecular flexibility index (Phi) is 6.27. The molecule has 1 atom stereocenters. The molecule has 1 aromatic carbocycles. The number of hydrogen-bond donors (Lipinski definition) is 1. The van der Waals surface area contributed by atoms with Gasteiger partial charge in [0.1, 0.15) is 11.6 Å². The molecule has 0 aliphatic carbocycles. The van der Waals surface area contributed by atoms with Gasteiger partial charge in [-0.25, -0.2) is 8.78 Å². The van der Waals surface area contributed by atoms with Crippen molar-refractivity contribution in [3.63, 3.8) is 0 Å². The van der Waals surface area contributed by atoms with Crippen molar-refractivity contribution >= 4 is 0 Å². The Morgan fingerprint density at radius 2 is 1.50 bits per heavy atom. The van der Waals surface area contributed by atoms with Crippen molar-refractivity contribution in [3.05, 3.63) is 35.4 Å². The fourth-order valence-electron chi connectivity index (χ4n) is 2.65. The van der Waals surface area contributed by atoms with E-state index in [0.29, 0.717) is 11.5 Å². The van der Waals surface area contributed by atoms with E-state index in [0.717, 1.165) is 31.7 Å². The standard InChI is InChI=1S/C15H23F2N/c1-4-6-11(7-5-2)15(18-3)12-8-13(16)10-14(17)9-12/h8-11,15,18H,4-7H2,1-3H3. The van der Waals surface area contributed by atoms with E-state index in [1.54, 1.807) is 0 Å². The molecule has 1 rings (SSSR count). The summed E-state index contributed by atoms with van der Waals surface area (Å²) in [6.45, 7) is 4.28. The Morgan fingerprint density at radius 1 is 1.00 bits per heavy atom. The van der Waals surface area contributed by atoms with Crippen molar-refractivity contribution in [1.82, 2.24) is 5.32 Å². The zero-order valence-electron chi connectivity index (χ0n) is 11.5. The Balaban J connectivity index is 2.97. The fraction of sp³-hybridized carbons (Fsp3) is 0.600. The van der Waals surface area contributed by atoms with E-state index in [1.807, 2.05) is 7.05 Å². The van der Waals surface area contributed by atoms with E-state index in [-0.39, 0.29) is 6.04 Å². The van der Waals surface area contributed by atoms with E-state index < -0.39 is 11.6 Å². The molecule has 0 aliphatic rings. The SMILES string of the molecule is CCCC(CCC)C(NC)c1cc(F)cc(F)c1. The number of rotatable bonds is 7. The highest BCUT2D eigenvalue weighted by Gasteiger charge is 2.21. The lowest BCUT2D eigenvalue weighted by Gasteiger charge is -2.27. The molecular formula is C15H23F2N. The Morgan fingerprint density at radius 3 is 1.89 bits per heavy atom. The molecule has 0 aromatic heterocycles. The second kappa shape index (κ2) is 7.47. The highest BCUT2D eigenvalue weighted by atomic mass is 19.1. The van der Waals surface area contributed by atoms with Crippen LogP contribution in [0.25, 0.3) is 0 Å². The first-order chi connectivity index (χ1) is 8.62. The Bertz CT molecular complexity index is 339. The van der Waals surface area contributed by atoms with Gasteiger partial charge in [0.2, 0.25) is 0 Å². The minimum Gasteiger partial charge on any atom is -0.313 e. The number of nitrogens with one attached hydrogen (secondary N) is 1. The normalized spacial score (nSPS) is 13.0. The number of hydrogen-bond acceptors (Lipinski definition) is 1. The van der Waals surface area contributed by atoms with Crippen LogP contribution in [-0.4, -0.2) is 7.05 Å². The molecule has 1 N–H and O–H groups in total. The topological polar surface area (TPSA) is 12.0 Å². The Hall–Kier alpha value is -0.960. The molecule has 102 valence electrons. The molecule has 0 saturated carbocycles. The molecule has 0 bridgehead atoms. The molecule has 0 amide bonds. The van der Waals surface area contributed by atoms with Gasteiger partial charge >= 0.3 is 0 Å². The minimum absolute atomic E-state index is 0.0232. The molecule has 1 aromatic rings. The van der Waals surface area contributed by atoms with Gasteiger partial charge in [-0.3, -0.25) is 0 Å². The maximum atomic E-state index is 13.3. The van der Waals surface area contributed by atoms with Crippen LogP contribution in [0.5, 0.6) is 0 Å². The Labute approximate surface area is 109 Å². The maximum Gasteiger partial charge on any atom is 0.126 e. The molecule has 0 radical (unpaired) electrons.